The average molecular weight is 304 g/mol. The lowest BCUT2D eigenvalue weighted by molar-refractivity contribution is 0.312. The normalized spacial score (nSPS) is 12.2. The van der Waals surface area contributed by atoms with Crippen molar-refractivity contribution in [2.24, 2.45) is 0 Å². The van der Waals surface area contributed by atoms with E-state index in [1.807, 2.05) is 0 Å². The Bertz CT molecular complexity index is 560. The fourth-order valence-electron chi connectivity index (χ4n) is 1.48. The van der Waals surface area contributed by atoms with Crippen molar-refractivity contribution in [3.63, 3.8) is 0 Å². The minimum atomic E-state index is -3.30. The van der Waals surface area contributed by atoms with Crippen molar-refractivity contribution < 1.29 is 13.2 Å². The highest BCUT2D eigenvalue weighted by atomic mass is 32.2. The zero-order valence-corrected chi connectivity index (χ0v) is 12.8. The minimum absolute atomic E-state index is 0.0276. The first-order chi connectivity index (χ1) is 9.11. The lowest BCUT2D eigenvalue weighted by Crippen LogP contribution is -2.48. The number of nitrogen functional groups attached to an aromatic ring is 1. The Kier molecular flexibility index (Phi) is 5.06. The van der Waals surface area contributed by atoms with Crippen LogP contribution in [0.25, 0.3) is 0 Å². The molecule has 0 saturated heterocycles. The van der Waals surface area contributed by atoms with Crippen LogP contribution in [0.1, 0.15) is 20.8 Å². The standard InChI is InChI=1S/C10H20N6O3S/c1-5-19-9-14-7(11)13-8(15-9)12-6-10(2,3)16-20(4,17)18/h16H,5-6H2,1-4H3,(H3,11,12,13,14,15). The maximum Gasteiger partial charge on any atom is 0.323 e. The topological polar surface area (TPSA) is 132 Å². The Hall–Kier alpha value is -1.68. The van der Waals surface area contributed by atoms with Gasteiger partial charge >= 0.3 is 6.01 Å². The molecule has 20 heavy (non-hydrogen) atoms. The van der Waals surface area contributed by atoms with Gasteiger partial charge in [0.25, 0.3) is 0 Å². The number of nitrogens with zero attached hydrogens (tertiary/aromatic N) is 3. The van der Waals surface area contributed by atoms with E-state index in [4.69, 9.17) is 10.5 Å². The summed E-state index contributed by atoms with van der Waals surface area (Å²) in [6.45, 7) is 5.94. The summed E-state index contributed by atoms with van der Waals surface area (Å²) < 4.78 is 30.1. The molecule has 0 amide bonds. The molecule has 1 aromatic rings. The molecule has 114 valence electrons. The molecule has 1 rings (SSSR count). The molecule has 0 saturated carbocycles. The van der Waals surface area contributed by atoms with Gasteiger partial charge in [0.2, 0.25) is 21.9 Å². The first-order valence-corrected chi connectivity index (χ1v) is 7.87. The molecule has 0 bridgehead atoms. The van der Waals surface area contributed by atoms with E-state index in [2.05, 4.69) is 25.0 Å². The number of hydrogen-bond donors (Lipinski definition) is 3. The molecule has 0 aromatic carbocycles. The molecule has 0 unspecified atom stereocenters. The molecule has 9 nitrogen and oxygen atoms in total. The summed E-state index contributed by atoms with van der Waals surface area (Å²) in [6.07, 6.45) is 1.10. The van der Waals surface area contributed by atoms with Crippen LogP contribution in [0.5, 0.6) is 6.01 Å². The lowest BCUT2D eigenvalue weighted by atomic mass is 10.1. The van der Waals surface area contributed by atoms with Gasteiger partial charge in [0, 0.05) is 12.1 Å². The van der Waals surface area contributed by atoms with E-state index >= 15 is 0 Å². The molecular formula is C10H20N6O3S. The van der Waals surface area contributed by atoms with E-state index < -0.39 is 15.6 Å². The lowest BCUT2D eigenvalue weighted by Gasteiger charge is -2.25. The maximum absolute atomic E-state index is 11.2. The number of rotatable bonds is 7. The summed E-state index contributed by atoms with van der Waals surface area (Å²) in [5.74, 6) is 0.254. The fourth-order valence-corrected chi connectivity index (χ4v) is 2.56. The van der Waals surface area contributed by atoms with Gasteiger partial charge in [-0.25, -0.2) is 13.1 Å². The SMILES string of the molecule is CCOc1nc(N)nc(NCC(C)(C)NS(C)(=O)=O)n1. The predicted octanol–water partition coefficient (Wildman–Crippen LogP) is -0.408. The van der Waals surface area contributed by atoms with Crippen LogP contribution in [0.4, 0.5) is 11.9 Å². The molecular weight excluding hydrogens is 284 g/mol. The minimum Gasteiger partial charge on any atom is -0.464 e. The Morgan fingerprint density at radius 3 is 2.50 bits per heavy atom. The average Bonchev–Trinajstić information content (AvgIpc) is 2.23. The third kappa shape index (κ3) is 5.97. The molecule has 1 heterocycles. The Morgan fingerprint density at radius 2 is 1.95 bits per heavy atom. The van der Waals surface area contributed by atoms with Gasteiger partial charge in [-0.1, -0.05) is 0 Å². The number of sulfonamides is 1. The molecule has 10 heteroatoms. The van der Waals surface area contributed by atoms with Gasteiger partial charge in [-0.15, -0.1) is 0 Å². The van der Waals surface area contributed by atoms with Crippen molar-refractivity contribution in [3.8, 4) is 6.01 Å². The zero-order valence-electron chi connectivity index (χ0n) is 12.0. The van der Waals surface area contributed by atoms with Gasteiger partial charge in [-0.3, -0.25) is 0 Å². The van der Waals surface area contributed by atoms with E-state index in [1.165, 1.54) is 0 Å². The molecule has 1 aromatic heterocycles. The van der Waals surface area contributed by atoms with Gasteiger partial charge in [0.15, 0.2) is 0 Å². The highest BCUT2D eigenvalue weighted by Gasteiger charge is 2.22. The smallest absolute Gasteiger partial charge is 0.323 e. The van der Waals surface area contributed by atoms with Gasteiger partial charge in [0.05, 0.1) is 12.9 Å². The highest BCUT2D eigenvalue weighted by Crippen LogP contribution is 2.11. The maximum atomic E-state index is 11.2. The largest absolute Gasteiger partial charge is 0.464 e. The zero-order chi connectivity index (χ0) is 15.4. The fraction of sp³-hybridized carbons (Fsp3) is 0.700. The molecule has 0 aliphatic carbocycles. The van der Waals surface area contributed by atoms with E-state index in [0.29, 0.717) is 6.61 Å². The van der Waals surface area contributed by atoms with Crippen LogP contribution in [0.2, 0.25) is 0 Å². The van der Waals surface area contributed by atoms with Crippen molar-refractivity contribution in [2.75, 3.05) is 30.5 Å². The van der Waals surface area contributed by atoms with Gasteiger partial charge in [-0.05, 0) is 20.8 Å². The van der Waals surface area contributed by atoms with Crippen LogP contribution < -0.4 is 20.5 Å². The first-order valence-electron chi connectivity index (χ1n) is 5.98. The summed E-state index contributed by atoms with van der Waals surface area (Å²) in [5, 5.41) is 2.90. The van der Waals surface area contributed by atoms with Crippen LogP contribution in [-0.2, 0) is 10.0 Å². The third-order valence-electron chi connectivity index (χ3n) is 2.06. The van der Waals surface area contributed by atoms with Gasteiger partial charge in [-0.2, -0.15) is 15.0 Å². The Balaban J connectivity index is 2.74. The van der Waals surface area contributed by atoms with Crippen LogP contribution in [-0.4, -0.2) is 48.3 Å². The van der Waals surface area contributed by atoms with Gasteiger partial charge < -0.3 is 15.8 Å². The van der Waals surface area contributed by atoms with Crippen molar-refractivity contribution in [1.82, 2.24) is 19.7 Å². The predicted molar refractivity (Wildman–Crippen MR) is 76.0 cm³/mol. The molecule has 0 spiro atoms. The molecule has 0 aliphatic rings. The van der Waals surface area contributed by atoms with Crippen molar-refractivity contribution in [3.05, 3.63) is 0 Å². The Labute approximate surface area is 118 Å². The van der Waals surface area contributed by atoms with Crippen molar-refractivity contribution >= 4 is 21.9 Å². The molecule has 0 aliphatic heterocycles. The van der Waals surface area contributed by atoms with E-state index in [9.17, 15) is 8.42 Å². The second kappa shape index (κ2) is 6.18. The van der Waals surface area contributed by atoms with E-state index in [1.54, 1.807) is 20.8 Å². The molecule has 0 atom stereocenters. The van der Waals surface area contributed by atoms with E-state index in [-0.39, 0.29) is 24.5 Å². The number of ether oxygens (including phenoxy) is 1. The first kappa shape index (κ1) is 16.4. The van der Waals surface area contributed by atoms with Crippen molar-refractivity contribution in [1.29, 1.82) is 0 Å². The summed E-state index contributed by atoms with van der Waals surface area (Å²) in [7, 11) is -3.30. The van der Waals surface area contributed by atoms with Crippen LogP contribution in [0.15, 0.2) is 0 Å². The molecule has 4 N–H and O–H groups in total. The number of anilines is 2. The van der Waals surface area contributed by atoms with Crippen LogP contribution >= 0.6 is 0 Å². The summed E-state index contributed by atoms with van der Waals surface area (Å²) in [5.41, 5.74) is 4.83. The monoisotopic (exact) mass is 304 g/mol. The number of hydrogen-bond acceptors (Lipinski definition) is 8. The third-order valence-corrected chi connectivity index (χ3v) is 2.98. The summed E-state index contributed by atoms with van der Waals surface area (Å²) in [6, 6.07) is 0.122. The highest BCUT2D eigenvalue weighted by molar-refractivity contribution is 7.88. The van der Waals surface area contributed by atoms with Crippen molar-refractivity contribution in [2.45, 2.75) is 26.3 Å². The number of nitrogens with one attached hydrogen (secondary N) is 2. The summed E-state index contributed by atoms with van der Waals surface area (Å²) >= 11 is 0. The number of nitrogens with two attached hydrogens (primary N) is 1. The van der Waals surface area contributed by atoms with Crippen LogP contribution in [0, 0.1) is 0 Å². The van der Waals surface area contributed by atoms with E-state index in [0.717, 1.165) is 6.26 Å². The quantitative estimate of drug-likeness (QED) is 0.619. The molecule has 0 fully saturated rings. The molecule has 0 radical (unpaired) electrons. The van der Waals surface area contributed by atoms with Crippen LogP contribution in [0.3, 0.4) is 0 Å². The van der Waals surface area contributed by atoms with Gasteiger partial charge in [0.1, 0.15) is 0 Å². The second-order valence-corrected chi connectivity index (χ2v) is 6.59. The summed E-state index contributed by atoms with van der Waals surface area (Å²) in [4.78, 5) is 11.7. The number of aromatic nitrogens is 3. The second-order valence-electron chi connectivity index (χ2n) is 4.84. The Morgan fingerprint density at radius 1 is 1.30 bits per heavy atom.